The number of carbonyl (C=O) groups excluding carboxylic acids is 1. The number of rotatable bonds is 10. The van der Waals surface area contributed by atoms with Crippen LogP contribution in [0.15, 0.2) is 48.8 Å². The van der Waals surface area contributed by atoms with E-state index in [0.29, 0.717) is 16.7 Å². The number of hydrogen-bond donors (Lipinski definition) is 3. The molecule has 7 atom stereocenters. The van der Waals surface area contributed by atoms with Crippen LogP contribution >= 0.6 is 7.75 Å². The first-order valence-electron chi connectivity index (χ1n) is 14.3. The van der Waals surface area contributed by atoms with Gasteiger partial charge in [-0.2, -0.15) is 15.1 Å². The van der Waals surface area contributed by atoms with Gasteiger partial charge in [0.25, 0.3) is 0 Å². The Hall–Kier alpha value is -3.88. The smallest absolute Gasteiger partial charge is 0.459 e. The number of nitrogens with zero attached hydrogens (tertiary/aromatic N) is 5. The van der Waals surface area contributed by atoms with E-state index in [1.807, 2.05) is 18.2 Å². The fraction of sp³-hybridized carbons (Fsp3) is 0.448. The van der Waals surface area contributed by atoms with Gasteiger partial charge in [-0.1, -0.05) is 36.4 Å². The third-order valence-electron chi connectivity index (χ3n) is 7.93. The number of nitrogen functional groups attached to an aromatic ring is 1. The summed E-state index contributed by atoms with van der Waals surface area (Å²) in [5.41, 5.74) is 1.72. The molecule has 1 aliphatic heterocycles. The first-order chi connectivity index (χ1) is 21.2. The molecule has 14 nitrogen and oxygen atoms in total. The van der Waals surface area contributed by atoms with Crippen LogP contribution in [0.3, 0.4) is 0 Å². The maximum atomic E-state index is 16.7. The Kier molecular flexibility index (Phi) is 7.52. The molecule has 2 aliphatic rings. The first-order valence-corrected chi connectivity index (χ1v) is 15.9. The van der Waals surface area contributed by atoms with Crippen LogP contribution in [0.4, 0.5) is 16.2 Å². The lowest BCUT2D eigenvalue weighted by Crippen LogP contribution is -2.45. The van der Waals surface area contributed by atoms with Crippen LogP contribution in [-0.4, -0.2) is 80.3 Å². The largest absolute Gasteiger partial charge is 0.462 e. The van der Waals surface area contributed by atoms with Crippen LogP contribution in [-0.2, 0) is 23.4 Å². The summed E-state index contributed by atoms with van der Waals surface area (Å²) in [6.07, 6.45) is -3.19. The molecule has 1 aliphatic carbocycles. The molecule has 1 saturated carbocycles. The van der Waals surface area contributed by atoms with Crippen molar-refractivity contribution >= 4 is 47.4 Å². The molecule has 1 saturated heterocycles. The number of alkyl halides is 1. The molecule has 2 aromatic carbocycles. The van der Waals surface area contributed by atoms with Gasteiger partial charge in [-0.25, -0.2) is 13.9 Å². The number of nitrogens with one attached hydrogen (secondary N) is 1. The number of imidazole rings is 1. The highest BCUT2D eigenvalue weighted by Crippen LogP contribution is 2.66. The zero-order chi connectivity index (χ0) is 32.5. The van der Waals surface area contributed by atoms with Crippen molar-refractivity contribution in [3.05, 3.63) is 48.8 Å². The van der Waals surface area contributed by atoms with E-state index >= 15 is 4.39 Å². The number of aliphatic hydroxyl groups is 1. The molecule has 240 valence electrons. The number of benzene rings is 2. The molecule has 4 aromatic rings. The molecule has 3 heterocycles. The standard InChI is InChI=1S/C29H35FN7O7P/c1-15(2)41-25(38)16(3)35-45(40,43-19-13-9-11-17-10-7-8-12-18(17)19)44-22-21-29(22,39)28(4,30)26(42-21)37-14-32-20-23(36(5)6)33-27(31)34-24(20)37/h7-16,21-22,26,39H,1-6H3,(H,35,40)(H2,31,33,34)/t16-,21-,22?,26-,28+,29+,45-/m1/s1. The number of halogens is 1. The lowest BCUT2D eigenvalue weighted by Gasteiger charge is -2.32. The molecular formula is C29H35FN7O7P. The van der Waals surface area contributed by atoms with Crippen molar-refractivity contribution in [1.29, 1.82) is 0 Å². The lowest BCUT2D eigenvalue weighted by molar-refractivity contribution is -0.149. The van der Waals surface area contributed by atoms with E-state index in [2.05, 4.69) is 20.0 Å². The van der Waals surface area contributed by atoms with Gasteiger partial charge in [0.15, 0.2) is 34.5 Å². The predicted molar refractivity (Wildman–Crippen MR) is 163 cm³/mol. The summed E-state index contributed by atoms with van der Waals surface area (Å²) in [6, 6.07) is 11.2. The van der Waals surface area contributed by atoms with Crippen molar-refractivity contribution in [2.75, 3.05) is 24.7 Å². The van der Waals surface area contributed by atoms with E-state index < -0.39 is 55.6 Å². The molecule has 45 heavy (non-hydrogen) atoms. The summed E-state index contributed by atoms with van der Waals surface area (Å²) in [5, 5.41) is 15.7. The Morgan fingerprint density at radius 2 is 1.91 bits per heavy atom. The average molecular weight is 644 g/mol. The van der Waals surface area contributed by atoms with Gasteiger partial charge in [-0.15, -0.1) is 0 Å². The zero-order valence-electron chi connectivity index (χ0n) is 25.5. The molecule has 0 bridgehead atoms. The van der Waals surface area contributed by atoms with Gasteiger partial charge >= 0.3 is 13.7 Å². The minimum atomic E-state index is -4.51. The second-order valence-electron chi connectivity index (χ2n) is 11.9. The van der Waals surface area contributed by atoms with Crippen molar-refractivity contribution < 1.29 is 37.4 Å². The van der Waals surface area contributed by atoms with E-state index in [9.17, 15) is 14.5 Å². The van der Waals surface area contributed by atoms with Crippen LogP contribution in [0.2, 0.25) is 0 Å². The van der Waals surface area contributed by atoms with Crippen molar-refractivity contribution in [3.8, 4) is 5.75 Å². The maximum Gasteiger partial charge on any atom is 0.459 e. The van der Waals surface area contributed by atoms with E-state index in [1.54, 1.807) is 57.1 Å². The Morgan fingerprint density at radius 1 is 1.20 bits per heavy atom. The number of fused-ring (bicyclic) bond motifs is 3. The summed E-state index contributed by atoms with van der Waals surface area (Å²) in [7, 11) is -1.01. The normalized spacial score (nSPS) is 27.7. The molecule has 1 unspecified atom stereocenters. The minimum Gasteiger partial charge on any atom is -0.462 e. The Labute approximate surface area is 258 Å². The van der Waals surface area contributed by atoms with E-state index in [4.69, 9.17) is 24.3 Å². The summed E-state index contributed by atoms with van der Waals surface area (Å²) in [6.45, 7) is 5.93. The Bertz CT molecular complexity index is 1830. The van der Waals surface area contributed by atoms with Crippen molar-refractivity contribution in [3.63, 3.8) is 0 Å². The summed E-state index contributed by atoms with van der Waals surface area (Å²) < 4.78 is 55.5. The Balaban J connectivity index is 1.30. The van der Waals surface area contributed by atoms with Crippen LogP contribution in [0.5, 0.6) is 5.75 Å². The predicted octanol–water partition coefficient (Wildman–Crippen LogP) is 3.50. The number of ether oxygens (including phenoxy) is 2. The molecule has 0 spiro atoms. The molecule has 16 heteroatoms. The van der Waals surface area contributed by atoms with E-state index in [1.165, 1.54) is 17.8 Å². The monoisotopic (exact) mass is 643 g/mol. The number of hydrogen-bond acceptors (Lipinski definition) is 12. The number of anilines is 2. The Morgan fingerprint density at radius 3 is 2.58 bits per heavy atom. The second-order valence-corrected chi connectivity index (χ2v) is 13.5. The minimum absolute atomic E-state index is 0.0562. The molecule has 0 amide bonds. The van der Waals surface area contributed by atoms with Crippen molar-refractivity contribution in [1.82, 2.24) is 24.6 Å². The molecule has 2 aromatic heterocycles. The molecule has 0 radical (unpaired) electrons. The number of nitrogens with two attached hydrogens (primary N) is 1. The van der Waals surface area contributed by atoms with Gasteiger partial charge in [-0.05, 0) is 39.1 Å². The SMILES string of the molecule is CC(C)OC(=O)[C@@H](C)N[P@@](=O)(Oc1cccc2ccccc12)OC1[C@H]2O[C@@H](n3cnc4c(N(C)C)nc(N)nc43)[C@](C)(F)[C@@]12O. The van der Waals surface area contributed by atoms with Crippen molar-refractivity contribution in [2.45, 2.75) is 69.5 Å². The van der Waals surface area contributed by atoms with Crippen LogP contribution in [0.25, 0.3) is 21.9 Å². The lowest BCUT2D eigenvalue weighted by atomic mass is 9.97. The summed E-state index contributed by atoms with van der Waals surface area (Å²) in [5.74, 6) is -0.157. The third kappa shape index (κ3) is 5.18. The number of carbonyl (C=O) groups is 1. The average Bonchev–Trinajstić information content (AvgIpc) is 3.21. The number of aromatic nitrogens is 4. The van der Waals surface area contributed by atoms with Crippen LogP contribution in [0.1, 0.15) is 33.9 Å². The van der Waals surface area contributed by atoms with Crippen molar-refractivity contribution in [2.24, 2.45) is 0 Å². The highest BCUT2D eigenvalue weighted by molar-refractivity contribution is 7.52. The van der Waals surface area contributed by atoms with E-state index in [-0.39, 0.29) is 17.3 Å². The third-order valence-corrected chi connectivity index (χ3v) is 9.58. The van der Waals surface area contributed by atoms with Crippen LogP contribution in [0, 0.1) is 0 Å². The van der Waals surface area contributed by atoms with Gasteiger partial charge in [-0.3, -0.25) is 13.9 Å². The highest BCUT2D eigenvalue weighted by atomic mass is 31.2. The second kappa shape index (κ2) is 10.9. The van der Waals surface area contributed by atoms with Gasteiger partial charge in [0.05, 0.1) is 12.4 Å². The molecule has 2 fully saturated rings. The fourth-order valence-electron chi connectivity index (χ4n) is 5.63. The van der Waals surface area contributed by atoms with E-state index in [0.717, 1.165) is 12.3 Å². The summed E-state index contributed by atoms with van der Waals surface area (Å²) in [4.78, 5) is 27.1. The summed E-state index contributed by atoms with van der Waals surface area (Å²) >= 11 is 0. The maximum absolute atomic E-state index is 16.7. The zero-order valence-corrected chi connectivity index (χ0v) is 26.4. The van der Waals surface area contributed by atoms with Gasteiger partial charge in [0.1, 0.15) is 24.0 Å². The van der Waals surface area contributed by atoms with Gasteiger partial charge in [0, 0.05) is 19.5 Å². The topological polar surface area (TPSA) is 176 Å². The molecule has 4 N–H and O–H groups in total. The quantitative estimate of drug-likeness (QED) is 0.169. The highest BCUT2D eigenvalue weighted by Gasteiger charge is 2.85. The van der Waals surface area contributed by atoms with Crippen LogP contribution < -0.4 is 20.2 Å². The molecular weight excluding hydrogens is 608 g/mol. The molecule has 6 rings (SSSR count). The van der Waals surface area contributed by atoms with Gasteiger partial charge < -0.3 is 29.7 Å². The van der Waals surface area contributed by atoms with Gasteiger partial charge in [0.2, 0.25) is 5.95 Å². The fourth-order valence-corrected chi connectivity index (χ4v) is 7.36. The number of esters is 1. The first kappa shape index (κ1) is 31.1.